The number of aliphatic hydroxyl groups excluding tert-OH is 1. The molecule has 6 nitrogen and oxygen atoms in total. The van der Waals surface area contributed by atoms with Crippen molar-refractivity contribution >= 4 is 29.3 Å². The van der Waals surface area contributed by atoms with Gasteiger partial charge in [0.25, 0.3) is 0 Å². The molecule has 1 fully saturated rings. The molecule has 4 rings (SSSR count). The number of esters is 1. The molecule has 0 amide bonds. The molecule has 3 aromatic carbocycles. The Kier molecular flexibility index (Phi) is 10.0. The SMILES string of the molecule is C[C@@]1(Sc2ccccc2)O[C@H](CO)[C@@H](OC(=O)CCl)[C@H](OCc2ccccc2)[C@H]1OCc1ccccc1. The number of carbonyl (C=O) groups is 1. The number of rotatable bonds is 11. The maximum Gasteiger partial charge on any atom is 0.321 e. The zero-order valence-electron chi connectivity index (χ0n) is 20.6. The van der Waals surface area contributed by atoms with Crippen molar-refractivity contribution in [3.63, 3.8) is 0 Å². The molecular weight excluding hydrogens is 512 g/mol. The van der Waals surface area contributed by atoms with Crippen molar-refractivity contribution in [3.8, 4) is 0 Å². The molecule has 0 bridgehead atoms. The van der Waals surface area contributed by atoms with Crippen molar-refractivity contribution in [1.82, 2.24) is 0 Å². The van der Waals surface area contributed by atoms with Gasteiger partial charge in [-0.05, 0) is 30.2 Å². The van der Waals surface area contributed by atoms with E-state index in [4.69, 9.17) is 30.5 Å². The summed E-state index contributed by atoms with van der Waals surface area (Å²) < 4.78 is 25.1. The van der Waals surface area contributed by atoms with Gasteiger partial charge in [-0.2, -0.15) is 0 Å². The Morgan fingerprint density at radius 3 is 1.97 bits per heavy atom. The lowest BCUT2D eigenvalue weighted by atomic mass is 9.94. The Balaban J connectivity index is 1.70. The third-order valence-electron chi connectivity index (χ3n) is 6.07. The highest BCUT2D eigenvalue weighted by Crippen LogP contribution is 2.45. The van der Waals surface area contributed by atoms with Crippen LogP contribution in [0.25, 0.3) is 0 Å². The predicted molar refractivity (Wildman–Crippen MR) is 143 cm³/mol. The minimum Gasteiger partial charge on any atom is -0.456 e. The van der Waals surface area contributed by atoms with E-state index in [2.05, 4.69) is 0 Å². The Morgan fingerprint density at radius 2 is 1.43 bits per heavy atom. The lowest BCUT2D eigenvalue weighted by Crippen LogP contribution is -2.65. The molecule has 0 radical (unpaired) electrons. The van der Waals surface area contributed by atoms with E-state index in [-0.39, 0.29) is 19.1 Å². The Labute approximate surface area is 226 Å². The zero-order chi connectivity index (χ0) is 26.1. The maximum atomic E-state index is 12.3. The molecule has 0 aliphatic carbocycles. The predicted octanol–water partition coefficient (Wildman–Crippen LogP) is 5.21. The Morgan fingerprint density at radius 1 is 0.892 bits per heavy atom. The largest absolute Gasteiger partial charge is 0.456 e. The average Bonchev–Trinajstić information content (AvgIpc) is 2.93. The van der Waals surface area contributed by atoms with Gasteiger partial charge in [0.2, 0.25) is 0 Å². The first-order chi connectivity index (χ1) is 18.0. The van der Waals surface area contributed by atoms with Gasteiger partial charge in [0.15, 0.2) is 6.10 Å². The number of aliphatic hydroxyl groups is 1. The van der Waals surface area contributed by atoms with E-state index in [1.54, 1.807) is 0 Å². The topological polar surface area (TPSA) is 74.2 Å². The lowest BCUT2D eigenvalue weighted by Gasteiger charge is -2.50. The van der Waals surface area contributed by atoms with Crippen LogP contribution >= 0.6 is 23.4 Å². The molecule has 1 aliphatic heterocycles. The van der Waals surface area contributed by atoms with E-state index in [0.717, 1.165) is 16.0 Å². The lowest BCUT2D eigenvalue weighted by molar-refractivity contribution is -0.269. The number of halogens is 1. The summed E-state index contributed by atoms with van der Waals surface area (Å²) in [5, 5.41) is 10.3. The molecule has 0 unspecified atom stereocenters. The van der Waals surface area contributed by atoms with Gasteiger partial charge in [0.1, 0.15) is 29.1 Å². The summed E-state index contributed by atoms with van der Waals surface area (Å²) in [6.07, 6.45) is -3.18. The van der Waals surface area contributed by atoms with Crippen LogP contribution in [0, 0.1) is 0 Å². The van der Waals surface area contributed by atoms with Crippen LogP contribution in [0.2, 0.25) is 0 Å². The van der Waals surface area contributed by atoms with Crippen LogP contribution in [-0.2, 0) is 37.0 Å². The van der Waals surface area contributed by atoms with Crippen molar-refractivity contribution in [1.29, 1.82) is 0 Å². The standard InChI is InChI=1S/C29H31ClO6S/c1-29(37-23-15-9-4-10-16-23)28(34-20-22-13-7-3-8-14-22)27(33-19-21-11-5-2-6-12-21)26(24(18-31)36-29)35-25(32)17-30/h2-16,24,26-28,31H,17-20H2,1H3/t24-,26-,27+,28-,29+/m1/s1. The van der Waals surface area contributed by atoms with E-state index in [9.17, 15) is 9.90 Å². The summed E-state index contributed by atoms with van der Waals surface area (Å²) in [5.74, 6) is -0.950. The van der Waals surface area contributed by atoms with Crippen LogP contribution < -0.4 is 0 Å². The van der Waals surface area contributed by atoms with Gasteiger partial charge in [0.05, 0.1) is 19.8 Å². The minimum absolute atomic E-state index is 0.260. The van der Waals surface area contributed by atoms with Crippen LogP contribution in [0.3, 0.4) is 0 Å². The normalized spacial score (nSPS) is 25.5. The van der Waals surface area contributed by atoms with Crippen LogP contribution in [0.15, 0.2) is 95.9 Å². The number of carbonyl (C=O) groups excluding carboxylic acids is 1. The highest BCUT2D eigenvalue weighted by atomic mass is 35.5. The number of benzene rings is 3. The van der Waals surface area contributed by atoms with E-state index >= 15 is 0 Å². The van der Waals surface area contributed by atoms with Crippen molar-refractivity contribution in [3.05, 3.63) is 102 Å². The molecule has 196 valence electrons. The van der Waals surface area contributed by atoms with E-state index in [1.807, 2.05) is 97.9 Å². The number of thioether (sulfide) groups is 1. The zero-order valence-corrected chi connectivity index (χ0v) is 22.1. The molecule has 8 heteroatoms. The highest BCUT2D eigenvalue weighted by molar-refractivity contribution is 8.00. The van der Waals surface area contributed by atoms with Crippen LogP contribution in [0.4, 0.5) is 0 Å². The number of hydrogen-bond acceptors (Lipinski definition) is 7. The first-order valence-electron chi connectivity index (χ1n) is 12.1. The van der Waals surface area contributed by atoms with Gasteiger partial charge < -0.3 is 24.1 Å². The number of alkyl halides is 1. The average molecular weight is 543 g/mol. The minimum atomic E-state index is -0.977. The van der Waals surface area contributed by atoms with Crippen LogP contribution in [-0.4, -0.2) is 52.9 Å². The summed E-state index contributed by atoms with van der Waals surface area (Å²) in [6.45, 7) is 2.10. The van der Waals surface area contributed by atoms with Crippen LogP contribution in [0.5, 0.6) is 0 Å². The maximum absolute atomic E-state index is 12.3. The van der Waals surface area contributed by atoms with E-state index < -0.39 is 35.3 Å². The van der Waals surface area contributed by atoms with Gasteiger partial charge in [-0.15, -0.1) is 11.6 Å². The summed E-state index contributed by atoms with van der Waals surface area (Å²) in [5.41, 5.74) is 1.94. The third kappa shape index (κ3) is 7.35. The van der Waals surface area contributed by atoms with Gasteiger partial charge in [-0.3, -0.25) is 4.79 Å². The Bertz CT molecular complexity index is 1100. The second kappa shape index (κ2) is 13.4. The highest BCUT2D eigenvalue weighted by Gasteiger charge is 2.56. The molecule has 1 saturated heterocycles. The molecular formula is C29H31ClO6S. The number of ether oxygens (including phenoxy) is 4. The van der Waals surface area contributed by atoms with Gasteiger partial charge in [-0.1, -0.05) is 90.6 Å². The molecule has 37 heavy (non-hydrogen) atoms. The van der Waals surface area contributed by atoms with E-state index in [0.29, 0.717) is 6.61 Å². The second-order valence-corrected chi connectivity index (χ2v) is 10.6. The van der Waals surface area contributed by atoms with Crippen molar-refractivity contribution < 1.29 is 28.8 Å². The smallest absolute Gasteiger partial charge is 0.321 e. The summed E-state index contributed by atoms with van der Waals surface area (Å²) in [4.78, 5) is 12.3. The second-order valence-electron chi connectivity index (χ2n) is 8.84. The quantitative estimate of drug-likeness (QED) is 0.263. The molecule has 3 aromatic rings. The molecule has 0 aromatic heterocycles. The summed E-state index contributed by atoms with van der Waals surface area (Å²) in [6, 6.07) is 29.3. The first kappa shape index (κ1) is 27.6. The monoisotopic (exact) mass is 542 g/mol. The number of hydrogen-bond donors (Lipinski definition) is 1. The Hall–Kier alpha value is -2.39. The molecule has 1 N–H and O–H groups in total. The fraction of sp³-hybridized carbons (Fsp3) is 0.345. The summed E-state index contributed by atoms with van der Waals surface area (Å²) in [7, 11) is 0. The molecule has 1 aliphatic rings. The molecule has 5 atom stereocenters. The van der Waals surface area contributed by atoms with Crippen molar-refractivity contribution in [2.24, 2.45) is 0 Å². The fourth-order valence-electron chi connectivity index (χ4n) is 4.34. The van der Waals surface area contributed by atoms with Gasteiger partial charge in [0, 0.05) is 4.90 Å². The summed E-state index contributed by atoms with van der Waals surface area (Å²) >= 11 is 7.25. The van der Waals surface area contributed by atoms with Gasteiger partial charge in [-0.25, -0.2) is 0 Å². The van der Waals surface area contributed by atoms with Gasteiger partial charge >= 0.3 is 5.97 Å². The van der Waals surface area contributed by atoms with Crippen LogP contribution in [0.1, 0.15) is 18.1 Å². The van der Waals surface area contributed by atoms with E-state index in [1.165, 1.54) is 11.8 Å². The first-order valence-corrected chi connectivity index (χ1v) is 13.5. The fourth-order valence-corrected chi connectivity index (χ4v) is 5.66. The van der Waals surface area contributed by atoms with Crippen molar-refractivity contribution in [2.45, 2.75) is 54.4 Å². The van der Waals surface area contributed by atoms with Crippen molar-refractivity contribution in [2.75, 3.05) is 12.5 Å². The molecule has 1 heterocycles. The molecule has 0 spiro atoms. The third-order valence-corrected chi connectivity index (χ3v) is 7.53. The molecule has 0 saturated carbocycles.